The predicted octanol–water partition coefficient (Wildman–Crippen LogP) is 3.51. The molecule has 1 aliphatic heterocycles. The number of ether oxygens (including phenoxy) is 1. The van der Waals surface area contributed by atoms with E-state index in [4.69, 9.17) is 4.74 Å². The minimum atomic E-state index is -0.344. The van der Waals surface area contributed by atoms with Crippen LogP contribution in [0.1, 0.15) is 15.9 Å². The SMILES string of the molecule is O=C(Nc1cccc(CN2CCOCC2)c1)c1ccc(F)cc1I. The van der Waals surface area contributed by atoms with Gasteiger partial charge in [0.2, 0.25) is 0 Å². The molecular weight excluding hydrogens is 422 g/mol. The number of carbonyl (C=O) groups excluding carboxylic acids is 1. The summed E-state index contributed by atoms with van der Waals surface area (Å²) in [5, 5.41) is 2.89. The Labute approximate surface area is 154 Å². The molecule has 0 atom stereocenters. The fraction of sp³-hybridized carbons (Fsp3) is 0.278. The van der Waals surface area contributed by atoms with Crippen molar-refractivity contribution in [1.82, 2.24) is 4.90 Å². The molecule has 0 radical (unpaired) electrons. The van der Waals surface area contributed by atoms with Crippen LogP contribution in [-0.2, 0) is 11.3 Å². The molecule has 0 spiro atoms. The number of anilines is 1. The Bertz CT molecular complexity index is 733. The smallest absolute Gasteiger partial charge is 0.256 e. The second-order valence-electron chi connectivity index (χ2n) is 5.67. The Balaban J connectivity index is 1.68. The highest BCUT2D eigenvalue weighted by Gasteiger charge is 2.13. The summed E-state index contributed by atoms with van der Waals surface area (Å²) >= 11 is 1.97. The molecule has 0 bridgehead atoms. The van der Waals surface area contributed by atoms with Gasteiger partial charge < -0.3 is 10.1 Å². The average molecular weight is 440 g/mol. The third kappa shape index (κ3) is 4.52. The minimum Gasteiger partial charge on any atom is -0.379 e. The van der Waals surface area contributed by atoms with Crippen LogP contribution in [0, 0.1) is 9.39 Å². The molecule has 1 fully saturated rings. The van der Waals surface area contributed by atoms with Crippen molar-refractivity contribution < 1.29 is 13.9 Å². The normalized spacial score (nSPS) is 15.2. The van der Waals surface area contributed by atoms with Gasteiger partial charge in [-0.25, -0.2) is 4.39 Å². The predicted molar refractivity (Wildman–Crippen MR) is 99.6 cm³/mol. The summed E-state index contributed by atoms with van der Waals surface area (Å²) in [5.74, 6) is -0.577. The topological polar surface area (TPSA) is 41.6 Å². The van der Waals surface area contributed by atoms with Gasteiger partial charge in [0, 0.05) is 28.9 Å². The standard InChI is InChI=1S/C18H18FIN2O2/c19-14-4-5-16(17(20)11-14)18(23)21-15-3-1-2-13(10-15)12-22-6-8-24-9-7-22/h1-5,10-11H,6-9,12H2,(H,21,23). The number of halogens is 2. The van der Waals surface area contributed by atoms with Crippen molar-refractivity contribution in [3.63, 3.8) is 0 Å². The fourth-order valence-corrected chi connectivity index (χ4v) is 3.36. The Morgan fingerprint density at radius 1 is 1.21 bits per heavy atom. The van der Waals surface area contributed by atoms with Crippen molar-refractivity contribution in [1.29, 1.82) is 0 Å². The second-order valence-corrected chi connectivity index (χ2v) is 6.83. The third-order valence-electron chi connectivity index (χ3n) is 3.87. The van der Waals surface area contributed by atoms with Crippen molar-refractivity contribution in [3.05, 3.63) is 63.0 Å². The van der Waals surface area contributed by atoms with Crippen molar-refractivity contribution in [2.24, 2.45) is 0 Å². The summed E-state index contributed by atoms with van der Waals surface area (Å²) in [7, 11) is 0. The first-order valence-corrected chi connectivity index (χ1v) is 8.85. The summed E-state index contributed by atoms with van der Waals surface area (Å²) < 4.78 is 19.1. The molecule has 3 rings (SSSR count). The molecule has 1 N–H and O–H groups in total. The molecule has 1 heterocycles. The number of nitrogens with zero attached hydrogens (tertiary/aromatic N) is 1. The zero-order valence-corrected chi connectivity index (χ0v) is 15.3. The van der Waals surface area contributed by atoms with Crippen molar-refractivity contribution in [2.75, 3.05) is 31.6 Å². The molecular formula is C18H18FIN2O2. The van der Waals surface area contributed by atoms with Crippen LogP contribution in [0.15, 0.2) is 42.5 Å². The van der Waals surface area contributed by atoms with Gasteiger partial charge in [0.15, 0.2) is 0 Å². The van der Waals surface area contributed by atoms with E-state index < -0.39 is 0 Å². The van der Waals surface area contributed by atoms with Crippen LogP contribution in [-0.4, -0.2) is 37.1 Å². The fourth-order valence-electron chi connectivity index (χ4n) is 2.64. The summed E-state index contributed by atoms with van der Waals surface area (Å²) in [4.78, 5) is 14.7. The van der Waals surface area contributed by atoms with Crippen molar-refractivity contribution >= 4 is 34.2 Å². The van der Waals surface area contributed by atoms with Crippen LogP contribution in [0.25, 0.3) is 0 Å². The zero-order chi connectivity index (χ0) is 16.9. The molecule has 0 aliphatic carbocycles. The summed E-state index contributed by atoms with van der Waals surface area (Å²) in [6, 6.07) is 12.0. The average Bonchev–Trinajstić information content (AvgIpc) is 2.56. The molecule has 6 heteroatoms. The van der Waals surface area contributed by atoms with Gasteiger partial charge in [0.1, 0.15) is 5.82 Å². The van der Waals surface area contributed by atoms with Crippen molar-refractivity contribution in [3.8, 4) is 0 Å². The lowest BCUT2D eigenvalue weighted by molar-refractivity contribution is 0.0342. The van der Waals surface area contributed by atoms with E-state index in [1.54, 1.807) is 0 Å². The Kier molecular flexibility index (Phi) is 5.80. The van der Waals surface area contributed by atoms with Gasteiger partial charge in [0.25, 0.3) is 5.91 Å². The number of benzene rings is 2. The van der Waals surface area contributed by atoms with Gasteiger partial charge in [-0.2, -0.15) is 0 Å². The number of amides is 1. The highest BCUT2D eigenvalue weighted by Crippen LogP contribution is 2.18. The van der Waals surface area contributed by atoms with E-state index in [1.807, 2.05) is 46.9 Å². The summed E-state index contributed by atoms with van der Waals surface area (Å²) in [6.45, 7) is 4.20. The molecule has 4 nitrogen and oxygen atoms in total. The first-order valence-electron chi connectivity index (χ1n) is 7.77. The summed E-state index contributed by atoms with van der Waals surface area (Å²) in [5.41, 5.74) is 2.35. The molecule has 1 aliphatic rings. The van der Waals surface area contributed by atoms with E-state index in [1.165, 1.54) is 18.2 Å². The van der Waals surface area contributed by atoms with Crippen LogP contribution in [0.4, 0.5) is 10.1 Å². The first kappa shape index (κ1) is 17.3. The van der Waals surface area contributed by atoms with Crippen LogP contribution in [0.2, 0.25) is 0 Å². The lowest BCUT2D eigenvalue weighted by Gasteiger charge is -2.26. The van der Waals surface area contributed by atoms with E-state index in [9.17, 15) is 9.18 Å². The maximum absolute atomic E-state index is 13.2. The number of hydrogen-bond acceptors (Lipinski definition) is 3. The second kappa shape index (κ2) is 8.04. The molecule has 1 saturated heterocycles. The monoisotopic (exact) mass is 440 g/mol. The molecule has 126 valence electrons. The Morgan fingerprint density at radius 3 is 2.75 bits per heavy atom. The lowest BCUT2D eigenvalue weighted by atomic mass is 10.1. The van der Waals surface area contributed by atoms with Gasteiger partial charge >= 0.3 is 0 Å². The maximum Gasteiger partial charge on any atom is 0.256 e. The minimum absolute atomic E-state index is 0.233. The van der Waals surface area contributed by atoms with E-state index in [2.05, 4.69) is 10.2 Å². The molecule has 0 unspecified atom stereocenters. The number of carbonyl (C=O) groups is 1. The maximum atomic E-state index is 13.2. The van der Waals surface area contributed by atoms with Gasteiger partial charge in [0.05, 0.1) is 18.8 Å². The van der Waals surface area contributed by atoms with Gasteiger partial charge in [-0.1, -0.05) is 12.1 Å². The van der Waals surface area contributed by atoms with Gasteiger partial charge in [-0.05, 0) is 58.5 Å². The number of nitrogens with one attached hydrogen (secondary N) is 1. The van der Waals surface area contributed by atoms with Crippen LogP contribution < -0.4 is 5.32 Å². The van der Waals surface area contributed by atoms with E-state index in [0.717, 1.165) is 44.1 Å². The molecule has 24 heavy (non-hydrogen) atoms. The van der Waals surface area contributed by atoms with Crippen LogP contribution in [0.5, 0.6) is 0 Å². The largest absolute Gasteiger partial charge is 0.379 e. The highest BCUT2D eigenvalue weighted by atomic mass is 127. The van der Waals surface area contributed by atoms with E-state index in [0.29, 0.717) is 9.13 Å². The summed E-state index contributed by atoms with van der Waals surface area (Å²) in [6.07, 6.45) is 0. The van der Waals surface area contributed by atoms with E-state index >= 15 is 0 Å². The van der Waals surface area contributed by atoms with E-state index in [-0.39, 0.29) is 11.7 Å². The third-order valence-corrected chi connectivity index (χ3v) is 4.76. The Morgan fingerprint density at radius 2 is 2.00 bits per heavy atom. The number of morpholine rings is 1. The number of hydrogen-bond donors (Lipinski definition) is 1. The first-order chi connectivity index (χ1) is 11.6. The molecule has 1 amide bonds. The highest BCUT2D eigenvalue weighted by molar-refractivity contribution is 14.1. The zero-order valence-electron chi connectivity index (χ0n) is 13.1. The number of rotatable bonds is 4. The van der Waals surface area contributed by atoms with Crippen molar-refractivity contribution in [2.45, 2.75) is 6.54 Å². The van der Waals surface area contributed by atoms with Crippen LogP contribution in [0.3, 0.4) is 0 Å². The van der Waals surface area contributed by atoms with Crippen LogP contribution >= 0.6 is 22.6 Å². The molecule has 2 aromatic carbocycles. The molecule has 0 aromatic heterocycles. The quantitative estimate of drug-likeness (QED) is 0.741. The lowest BCUT2D eigenvalue weighted by Crippen LogP contribution is -2.35. The van der Waals surface area contributed by atoms with Gasteiger partial charge in [-0.3, -0.25) is 9.69 Å². The molecule has 2 aromatic rings. The van der Waals surface area contributed by atoms with Gasteiger partial charge in [-0.15, -0.1) is 0 Å². The Hall–Kier alpha value is -1.51. The molecule has 0 saturated carbocycles.